The standard InChI is InChI=1S/C15H15NO6S/c1-21-13-6-4-11(5-7-15(17)18)9-14(13)23(19,20)16-10-12-3-2-8-22-12/h2-9,16H,10H2,1H3,(H,17,18)/b7-5+. The highest BCUT2D eigenvalue weighted by molar-refractivity contribution is 7.89. The van der Waals surface area contributed by atoms with Crippen molar-refractivity contribution in [3.05, 3.63) is 54.0 Å². The van der Waals surface area contributed by atoms with Gasteiger partial charge in [-0.3, -0.25) is 0 Å². The Hall–Kier alpha value is -2.58. The molecule has 0 aliphatic heterocycles. The maximum absolute atomic E-state index is 12.4. The molecular formula is C15H15NO6S. The van der Waals surface area contributed by atoms with E-state index in [4.69, 9.17) is 14.3 Å². The summed E-state index contributed by atoms with van der Waals surface area (Å²) in [6, 6.07) is 7.66. The zero-order valence-corrected chi connectivity index (χ0v) is 13.0. The van der Waals surface area contributed by atoms with Gasteiger partial charge < -0.3 is 14.3 Å². The summed E-state index contributed by atoms with van der Waals surface area (Å²) in [5, 5.41) is 8.64. The van der Waals surface area contributed by atoms with Gasteiger partial charge in [0.05, 0.1) is 19.9 Å². The van der Waals surface area contributed by atoms with Crippen molar-refractivity contribution in [2.75, 3.05) is 7.11 Å². The summed E-state index contributed by atoms with van der Waals surface area (Å²) >= 11 is 0. The highest BCUT2D eigenvalue weighted by atomic mass is 32.2. The van der Waals surface area contributed by atoms with Gasteiger partial charge in [0.25, 0.3) is 0 Å². The molecule has 8 heteroatoms. The van der Waals surface area contributed by atoms with E-state index < -0.39 is 16.0 Å². The number of aliphatic carboxylic acids is 1. The molecule has 0 fully saturated rings. The van der Waals surface area contributed by atoms with E-state index in [0.717, 1.165) is 6.08 Å². The van der Waals surface area contributed by atoms with Gasteiger partial charge in [-0.1, -0.05) is 6.07 Å². The Morgan fingerprint density at radius 3 is 2.78 bits per heavy atom. The number of hydrogen-bond acceptors (Lipinski definition) is 5. The Labute approximate surface area is 133 Å². The first-order chi connectivity index (χ1) is 10.9. The topological polar surface area (TPSA) is 106 Å². The molecule has 2 rings (SSSR count). The van der Waals surface area contributed by atoms with Crippen molar-refractivity contribution in [1.82, 2.24) is 4.72 Å². The van der Waals surface area contributed by atoms with E-state index in [1.807, 2.05) is 0 Å². The first-order valence-corrected chi connectivity index (χ1v) is 8.02. The van der Waals surface area contributed by atoms with Crippen molar-refractivity contribution in [2.24, 2.45) is 0 Å². The molecule has 0 spiro atoms. The van der Waals surface area contributed by atoms with Crippen molar-refractivity contribution in [3.8, 4) is 5.75 Å². The lowest BCUT2D eigenvalue weighted by atomic mass is 10.2. The van der Waals surface area contributed by atoms with E-state index in [0.29, 0.717) is 11.3 Å². The third-order valence-corrected chi connectivity index (χ3v) is 4.33. The molecule has 0 radical (unpaired) electrons. The summed E-state index contributed by atoms with van der Waals surface area (Å²) in [5.41, 5.74) is 0.423. The van der Waals surface area contributed by atoms with Crippen LogP contribution in [0, 0.1) is 0 Å². The summed E-state index contributed by atoms with van der Waals surface area (Å²) in [7, 11) is -2.50. The fourth-order valence-corrected chi connectivity index (χ4v) is 3.03. The van der Waals surface area contributed by atoms with Crippen LogP contribution >= 0.6 is 0 Å². The van der Waals surface area contributed by atoms with Crippen LogP contribution in [-0.4, -0.2) is 26.6 Å². The number of rotatable bonds is 7. The second-order valence-electron chi connectivity index (χ2n) is 4.49. The highest BCUT2D eigenvalue weighted by Crippen LogP contribution is 2.25. The van der Waals surface area contributed by atoms with Gasteiger partial charge in [0.15, 0.2) is 0 Å². The minimum atomic E-state index is -3.86. The Bertz CT molecular complexity index is 808. The Kier molecular flexibility index (Phi) is 5.20. The molecule has 0 bridgehead atoms. The van der Waals surface area contributed by atoms with Crippen molar-refractivity contribution >= 4 is 22.1 Å². The third kappa shape index (κ3) is 4.44. The van der Waals surface area contributed by atoms with Crippen LogP contribution in [0.15, 0.2) is 52.0 Å². The van der Waals surface area contributed by atoms with Crippen molar-refractivity contribution in [1.29, 1.82) is 0 Å². The zero-order valence-electron chi connectivity index (χ0n) is 12.2. The van der Waals surface area contributed by atoms with Crippen LogP contribution in [-0.2, 0) is 21.4 Å². The fourth-order valence-electron chi connectivity index (χ4n) is 1.83. The van der Waals surface area contributed by atoms with Gasteiger partial charge in [0, 0.05) is 6.08 Å². The van der Waals surface area contributed by atoms with Gasteiger partial charge >= 0.3 is 5.97 Å². The number of ether oxygens (including phenoxy) is 1. The van der Waals surface area contributed by atoms with E-state index in [9.17, 15) is 13.2 Å². The minimum Gasteiger partial charge on any atom is -0.495 e. The van der Waals surface area contributed by atoms with Gasteiger partial charge in [-0.05, 0) is 35.9 Å². The smallest absolute Gasteiger partial charge is 0.328 e. The maximum atomic E-state index is 12.4. The van der Waals surface area contributed by atoms with E-state index in [2.05, 4.69) is 4.72 Å². The fraction of sp³-hybridized carbons (Fsp3) is 0.133. The third-order valence-electron chi connectivity index (χ3n) is 2.91. The second-order valence-corrected chi connectivity index (χ2v) is 6.22. The van der Waals surface area contributed by atoms with Crippen molar-refractivity contribution in [3.63, 3.8) is 0 Å². The van der Waals surface area contributed by atoms with Crippen LogP contribution in [0.4, 0.5) is 0 Å². The number of carboxylic acids is 1. The van der Waals surface area contributed by atoms with Crippen LogP contribution in [0.25, 0.3) is 6.08 Å². The molecule has 23 heavy (non-hydrogen) atoms. The first-order valence-electron chi connectivity index (χ1n) is 6.53. The molecule has 0 amide bonds. The quantitative estimate of drug-likeness (QED) is 0.747. The molecule has 0 aliphatic rings. The molecule has 1 aromatic carbocycles. The molecule has 2 N–H and O–H groups in total. The Morgan fingerprint density at radius 2 is 2.17 bits per heavy atom. The summed E-state index contributed by atoms with van der Waals surface area (Å²) in [6.07, 6.45) is 3.67. The number of hydrogen-bond donors (Lipinski definition) is 2. The monoisotopic (exact) mass is 337 g/mol. The van der Waals surface area contributed by atoms with Gasteiger partial charge in [-0.15, -0.1) is 0 Å². The minimum absolute atomic E-state index is 0.00627. The number of benzene rings is 1. The zero-order chi connectivity index (χ0) is 16.9. The average Bonchev–Trinajstić information content (AvgIpc) is 3.04. The Morgan fingerprint density at radius 1 is 1.39 bits per heavy atom. The van der Waals surface area contributed by atoms with E-state index in [1.54, 1.807) is 18.2 Å². The molecular weight excluding hydrogens is 322 g/mol. The number of furan rings is 1. The molecule has 0 saturated carbocycles. The van der Waals surface area contributed by atoms with Crippen LogP contribution < -0.4 is 9.46 Å². The maximum Gasteiger partial charge on any atom is 0.328 e. The molecule has 0 aliphatic carbocycles. The second kappa shape index (κ2) is 7.12. The molecule has 0 saturated heterocycles. The van der Waals surface area contributed by atoms with Gasteiger partial charge in [0.2, 0.25) is 10.0 Å². The summed E-state index contributed by atoms with van der Waals surface area (Å²) in [4.78, 5) is 10.5. The van der Waals surface area contributed by atoms with Crippen LogP contribution in [0.1, 0.15) is 11.3 Å². The number of sulfonamides is 1. The molecule has 7 nitrogen and oxygen atoms in total. The predicted molar refractivity (Wildman–Crippen MR) is 82.4 cm³/mol. The molecule has 1 heterocycles. The summed E-state index contributed by atoms with van der Waals surface area (Å²) < 4.78 is 37.4. The normalized spacial score (nSPS) is 11.7. The SMILES string of the molecule is COc1ccc(/C=C/C(=O)O)cc1S(=O)(=O)NCc1ccco1. The lowest BCUT2D eigenvalue weighted by Gasteiger charge is -2.11. The average molecular weight is 337 g/mol. The Balaban J connectivity index is 2.30. The highest BCUT2D eigenvalue weighted by Gasteiger charge is 2.20. The van der Waals surface area contributed by atoms with Gasteiger partial charge in [-0.2, -0.15) is 0 Å². The van der Waals surface area contributed by atoms with Crippen molar-refractivity contribution < 1.29 is 27.5 Å². The van der Waals surface area contributed by atoms with Crippen molar-refractivity contribution in [2.45, 2.75) is 11.4 Å². The lowest BCUT2D eigenvalue weighted by molar-refractivity contribution is -0.131. The van der Waals surface area contributed by atoms with E-state index >= 15 is 0 Å². The molecule has 0 atom stereocenters. The first kappa shape index (κ1) is 16.8. The molecule has 122 valence electrons. The summed E-state index contributed by atoms with van der Waals surface area (Å²) in [5.74, 6) is -0.500. The number of carboxylic acid groups (broad SMARTS) is 1. The van der Waals surface area contributed by atoms with Gasteiger partial charge in [0.1, 0.15) is 16.4 Å². The lowest BCUT2D eigenvalue weighted by Crippen LogP contribution is -2.23. The molecule has 0 unspecified atom stereocenters. The van der Waals surface area contributed by atoms with Crippen LogP contribution in [0.5, 0.6) is 5.75 Å². The van der Waals surface area contributed by atoms with Gasteiger partial charge in [-0.25, -0.2) is 17.9 Å². The summed E-state index contributed by atoms with van der Waals surface area (Å²) in [6.45, 7) is -0.00627. The number of methoxy groups -OCH3 is 1. The predicted octanol–water partition coefficient (Wildman–Crippen LogP) is 1.86. The number of carbonyl (C=O) groups is 1. The van der Waals surface area contributed by atoms with Crippen LogP contribution in [0.2, 0.25) is 0 Å². The molecule has 2 aromatic rings. The van der Waals surface area contributed by atoms with E-state index in [-0.39, 0.29) is 17.2 Å². The number of nitrogens with one attached hydrogen (secondary N) is 1. The largest absolute Gasteiger partial charge is 0.495 e. The van der Waals surface area contributed by atoms with Crippen LogP contribution in [0.3, 0.4) is 0 Å². The molecule has 1 aromatic heterocycles. The van der Waals surface area contributed by atoms with E-state index in [1.165, 1.54) is 31.6 Å².